The van der Waals surface area contributed by atoms with E-state index in [4.69, 9.17) is 4.74 Å². The molecule has 0 bridgehead atoms. The van der Waals surface area contributed by atoms with Crippen molar-refractivity contribution in [3.05, 3.63) is 29.8 Å². The first-order valence-electron chi connectivity index (χ1n) is 6.13. The molecule has 18 heavy (non-hydrogen) atoms. The minimum atomic E-state index is -0.262. The van der Waals surface area contributed by atoms with Gasteiger partial charge in [-0.3, -0.25) is 4.90 Å². The first-order valence-corrected chi connectivity index (χ1v) is 6.13. The maximum Gasteiger partial charge on any atom is 0.410 e. The maximum absolute atomic E-state index is 11.8. The number of phenolic OH excluding ortho intramolecular Hbond substituents is 1. The van der Waals surface area contributed by atoms with Crippen LogP contribution in [0.25, 0.3) is 0 Å². The Hall–Kier alpha value is -1.75. The third kappa shape index (κ3) is 1.80. The number of amides is 1. The van der Waals surface area contributed by atoms with Gasteiger partial charge in [0.15, 0.2) is 0 Å². The second kappa shape index (κ2) is 4.17. The molecule has 0 aromatic heterocycles. The van der Waals surface area contributed by atoms with E-state index in [1.54, 1.807) is 23.1 Å². The number of rotatable bonds is 2. The Morgan fingerprint density at radius 3 is 3.11 bits per heavy atom. The van der Waals surface area contributed by atoms with E-state index in [-0.39, 0.29) is 17.4 Å². The molecule has 1 spiro atoms. The molecule has 2 aliphatic rings. The van der Waals surface area contributed by atoms with Crippen LogP contribution in [0, 0.1) is 0 Å². The number of hydrogen-bond acceptors (Lipinski definition) is 4. The SMILES string of the molecule is O=C1OCC2(CCNC2)N1Cc1cccc(O)c1. The van der Waals surface area contributed by atoms with Gasteiger partial charge in [0.05, 0.1) is 5.54 Å². The van der Waals surface area contributed by atoms with Gasteiger partial charge in [0.1, 0.15) is 12.4 Å². The molecular formula is C13H16N2O3. The van der Waals surface area contributed by atoms with Crippen molar-refractivity contribution >= 4 is 6.09 Å². The molecule has 0 saturated carbocycles. The quantitative estimate of drug-likeness (QED) is 0.822. The average molecular weight is 248 g/mol. The van der Waals surface area contributed by atoms with Crippen molar-refractivity contribution in [3.63, 3.8) is 0 Å². The van der Waals surface area contributed by atoms with E-state index in [1.165, 1.54) is 0 Å². The van der Waals surface area contributed by atoms with Gasteiger partial charge in [-0.25, -0.2) is 4.79 Å². The van der Waals surface area contributed by atoms with Crippen LogP contribution in [0.3, 0.4) is 0 Å². The molecule has 2 aliphatic heterocycles. The minimum absolute atomic E-state index is 0.206. The summed E-state index contributed by atoms with van der Waals surface area (Å²) in [5.41, 5.74) is 0.711. The van der Waals surface area contributed by atoms with E-state index in [2.05, 4.69) is 5.32 Å². The molecule has 2 N–H and O–H groups in total. The lowest BCUT2D eigenvalue weighted by atomic mass is 9.98. The van der Waals surface area contributed by atoms with Crippen LogP contribution < -0.4 is 5.32 Å². The fraction of sp³-hybridized carbons (Fsp3) is 0.462. The summed E-state index contributed by atoms with van der Waals surface area (Å²) in [6, 6.07) is 6.99. The number of phenols is 1. The number of aromatic hydroxyl groups is 1. The number of ether oxygens (including phenoxy) is 1. The average Bonchev–Trinajstić information content (AvgIpc) is 2.93. The molecule has 5 heteroatoms. The van der Waals surface area contributed by atoms with Gasteiger partial charge in [0.25, 0.3) is 0 Å². The number of nitrogens with zero attached hydrogens (tertiary/aromatic N) is 1. The van der Waals surface area contributed by atoms with Crippen molar-refractivity contribution < 1.29 is 14.6 Å². The Morgan fingerprint density at radius 2 is 2.39 bits per heavy atom. The molecule has 0 radical (unpaired) electrons. The summed E-state index contributed by atoms with van der Waals surface area (Å²) < 4.78 is 5.19. The monoisotopic (exact) mass is 248 g/mol. The van der Waals surface area contributed by atoms with Crippen LogP contribution in [0.2, 0.25) is 0 Å². The second-order valence-electron chi connectivity index (χ2n) is 4.96. The van der Waals surface area contributed by atoms with Gasteiger partial charge in [-0.15, -0.1) is 0 Å². The highest BCUT2D eigenvalue weighted by Crippen LogP contribution is 2.32. The number of carbonyl (C=O) groups excluding carboxylic acids is 1. The summed E-state index contributed by atoms with van der Waals surface area (Å²) in [5, 5.41) is 12.7. The van der Waals surface area contributed by atoms with Crippen molar-refractivity contribution in [3.8, 4) is 5.75 Å². The smallest absolute Gasteiger partial charge is 0.410 e. The molecule has 5 nitrogen and oxygen atoms in total. The zero-order chi connectivity index (χ0) is 12.6. The lowest BCUT2D eigenvalue weighted by Crippen LogP contribution is -2.48. The first-order chi connectivity index (χ1) is 8.70. The van der Waals surface area contributed by atoms with Crippen molar-refractivity contribution in [1.82, 2.24) is 10.2 Å². The fourth-order valence-corrected chi connectivity index (χ4v) is 2.70. The van der Waals surface area contributed by atoms with Crippen LogP contribution >= 0.6 is 0 Å². The molecule has 2 fully saturated rings. The van der Waals surface area contributed by atoms with Gasteiger partial charge in [-0.2, -0.15) is 0 Å². The summed E-state index contributed by atoms with van der Waals surface area (Å²) in [4.78, 5) is 13.6. The zero-order valence-corrected chi connectivity index (χ0v) is 10.1. The number of benzene rings is 1. The number of cyclic esters (lactones) is 1. The summed E-state index contributed by atoms with van der Waals surface area (Å²) >= 11 is 0. The lowest BCUT2D eigenvalue weighted by molar-refractivity contribution is 0.150. The van der Waals surface area contributed by atoms with Gasteiger partial charge in [0, 0.05) is 13.1 Å². The lowest BCUT2D eigenvalue weighted by Gasteiger charge is -2.30. The number of hydrogen-bond donors (Lipinski definition) is 2. The van der Waals surface area contributed by atoms with Crippen molar-refractivity contribution in [2.45, 2.75) is 18.5 Å². The molecule has 2 saturated heterocycles. The molecule has 96 valence electrons. The van der Waals surface area contributed by atoms with Crippen LogP contribution in [0.4, 0.5) is 4.79 Å². The van der Waals surface area contributed by atoms with E-state index >= 15 is 0 Å². The molecular weight excluding hydrogens is 232 g/mol. The highest BCUT2D eigenvalue weighted by molar-refractivity contribution is 5.71. The number of carbonyl (C=O) groups is 1. The van der Waals surface area contributed by atoms with Gasteiger partial charge < -0.3 is 15.2 Å². The third-order valence-corrected chi connectivity index (χ3v) is 3.73. The molecule has 1 aromatic carbocycles. The molecule has 1 amide bonds. The van der Waals surface area contributed by atoms with E-state index in [9.17, 15) is 9.90 Å². The summed E-state index contributed by atoms with van der Waals surface area (Å²) in [7, 11) is 0. The topological polar surface area (TPSA) is 61.8 Å². The third-order valence-electron chi connectivity index (χ3n) is 3.73. The van der Waals surface area contributed by atoms with Crippen LogP contribution in [0.1, 0.15) is 12.0 Å². The Balaban J connectivity index is 1.83. The largest absolute Gasteiger partial charge is 0.508 e. The summed E-state index contributed by atoms with van der Waals surface area (Å²) in [6.07, 6.45) is 0.652. The molecule has 1 aromatic rings. The molecule has 0 aliphatic carbocycles. The molecule has 2 heterocycles. The van der Waals surface area contributed by atoms with Crippen molar-refractivity contribution in [1.29, 1.82) is 0 Å². The Labute approximate surface area is 105 Å². The van der Waals surface area contributed by atoms with Crippen molar-refractivity contribution in [2.75, 3.05) is 19.7 Å². The summed E-state index contributed by atoms with van der Waals surface area (Å²) in [5.74, 6) is 0.221. The number of nitrogens with one attached hydrogen (secondary N) is 1. The molecule has 3 rings (SSSR count). The Morgan fingerprint density at radius 1 is 1.50 bits per heavy atom. The molecule has 1 atom stereocenters. The zero-order valence-electron chi connectivity index (χ0n) is 10.1. The standard InChI is InChI=1S/C13H16N2O3/c16-11-3-1-2-10(6-11)7-15-12(17)18-9-13(15)4-5-14-8-13/h1-3,6,14,16H,4-5,7-9H2. The second-order valence-corrected chi connectivity index (χ2v) is 4.96. The van der Waals surface area contributed by atoms with Crippen LogP contribution in [-0.4, -0.2) is 41.3 Å². The summed E-state index contributed by atoms with van der Waals surface area (Å²) in [6.45, 7) is 2.62. The minimum Gasteiger partial charge on any atom is -0.508 e. The van der Waals surface area contributed by atoms with Gasteiger partial charge in [-0.1, -0.05) is 12.1 Å². The predicted octanol–water partition coefficient (Wildman–Crippen LogP) is 1.08. The van der Waals surface area contributed by atoms with Crippen LogP contribution in [-0.2, 0) is 11.3 Å². The van der Waals surface area contributed by atoms with E-state index in [0.29, 0.717) is 13.2 Å². The molecule has 1 unspecified atom stereocenters. The fourth-order valence-electron chi connectivity index (χ4n) is 2.70. The predicted molar refractivity (Wildman–Crippen MR) is 65.2 cm³/mol. The maximum atomic E-state index is 11.8. The van der Waals surface area contributed by atoms with Crippen LogP contribution in [0.5, 0.6) is 5.75 Å². The first kappa shape index (κ1) is 11.3. The highest BCUT2D eigenvalue weighted by Gasteiger charge is 2.48. The van der Waals surface area contributed by atoms with Crippen molar-refractivity contribution in [2.24, 2.45) is 0 Å². The highest BCUT2D eigenvalue weighted by atomic mass is 16.6. The van der Waals surface area contributed by atoms with Crippen LogP contribution in [0.15, 0.2) is 24.3 Å². The Bertz CT molecular complexity index is 469. The van der Waals surface area contributed by atoms with Gasteiger partial charge >= 0.3 is 6.09 Å². The van der Waals surface area contributed by atoms with E-state index in [1.807, 2.05) is 6.07 Å². The van der Waals surface area contributed by atoms with Gasteiger partial charge in [0.2, 0.25) is 0 Å². The van der Waals surface area contributed by atoms with Gasteiger partial charge in [-0.05, 0) is 30.7 Å². The van der Waals surface area contributed by atoms with E-state index < -0.39 is 0 Å². The Kier molecular flexibility index (Phi) is 2.63. The van der Waals surface area contributed by atoms with E-state index in [0.717, 1.165) is 25.1 Å². The normalized spacial score (nSPS) is 26.9.